The van der Waals surface area contributed by atoms with Gasteiger partial charge in [0, 0.05) is 0 Å². The molecule has 0 bridgehead atoms. The Labute approximate surface area is 89.9 Å². The Kier molecular flexibility index (Phi) is 7.93. The fourth-order valence-corrected chi connectivity index (χ4v) is 2.22. The molecule has 0 aromatic carbocycles. The molecule has 3 unspecified atom stereocenters. The summed E-state index contributed by atoms with van der Waals surface area (Å²) in [5.74, 6) is 3.62. The number of hydrogen-bond donors (Lipinski definition) is 1. The number of unbranched alkanes of at least 4 members (excludes halogenated alkanes) is 1. The van der Waals surface area contributed by atoms with Gasteiger partial charge in [-0.05, 0) is 29.9 Å². The van der Waals surface area contributed by atoms with E-state index in [9.17, 15) is 0 Å². The van der Waals surface area contributed by atoms with Gasteiger partial charge in [0.25, 0.3) is 0 Å². The molecule has 0 saturated heterocycles. The van der Waals surface area contributed by atoms with Crippen LogP contribution in [0.4, 0.5) is 0 Å². The van der Waals surface area contributed by atoms with Gasteiger partial charge >= 0.3 is 0 Å². The highest BCUT2D eigenvalue weighted by molar-refractivity contribution is 7.80. The lowest BCUT2D eigenvalue weighted by Crippen LogP contribution is -2.17. The van der Waals surface area contributed by atoms with Crippen LogP contribution in [-0.4, -0.2) is 5.75 Å². The molecule has 0 aliphatic carbocycles. The highest BCUT2D eigenvalue weighted by Crippen LogP contribution is 2.26. The Morgan fingerprint density at radius 1 is 1.00 bits per heavy atom. The molecule has 80 valence electrons. The molecular formula is C12H26S. The molecule has 3 atom stereocenters. The standard InChI is InChI=1S/C12H26S/c1-5-6-7-10(2)12(4)11(3)8-9-13/h10-13H,5-9H2,1-4H3. The van der Waals surface area contributed by atoms with E-state index in [2.05, 4.69) is 40.3 Å². The van der Waals surface area contributed by atoms with E-state index in [4.69, 9.17) is 0 Å². The molecule has 0 spiro atoms. The predicted octanol–water partition coefficient (Wildman–Crippen LogP) is 4.40. The summed E-state index contributed by atoms with van der Waals surface area (Å²) < 4.78 is 0. The van der Waals surface area contributed by atoms with E-state index in [0.29, 0.717) is 0 Å². The zero-order valence-corrected chi connectivity index (χ0v) is 10.6. The van der Waals surface area contributed by atoms with Crippen LogP contribution >= 0.6 is 12.6 Å². The maximum Gasteiger partial charge on any atom is -0.00953 e. The van der Waals surface area contributed by atoms with E-state index >= 15 is 0 Å². The smallest absolute Gasteiger partial charge is 0.00953 e. The SMILES string of the molecule is CCCCC(C)C(C)C(C)CCS. The Balaban J connectivity index is 3.71. The third-order valence-electron chi connectivity index (χ3n) is 3.39. The van der Waals surface area contributed by atoms with Crippen molar-refractivity contribution in [2.24, 2.45) is 17.8 Å². The monoisotopic (exact) mass is 202 g/mol. The molecule has 0 amide bonds. The first-order chi connectivity index (χ1) is 6.13. The summed E-state index contributed by atoms with van der Waals surface area (Å²) in [6.45, 7) is 9.43. The first-order valence-corrected chi connectivity index (χ1v) is 6.37. The molecule has 0 aromatic rings. The fourth-order valence-electron chi connectivity index (χ4n) is 1.82. The predicted molar refractivity (Wildman–Crippen MR) is 65.5 cm³/mol. The topological polar surface area (TPSA) is 0 Å². The summed E-state index contributed by atoms with van der Waals surface area (Å²) in [6.07, 6.45) is 5.38. The summed E-state index contributed by atoms with van der Waals surface area (Å²) in [7, 11) is 0. The average molecular weight is 202 g/mol. The minimum atomic E-state index is 0.837. The van der Waals surface area contributed by atoms with Crippen LogP contribution in [0.15, 0.2) is 0 Å². The lowest BCUT2D eigenvalue weighted by atomic mass is 9.81. The van der Waals surface area contributed by atoms with Crippen molar-refractivity contribution in [3.8, 4) is 0 Å². The Hall–Kier alpha value is 0.350. The van der Waals surface area contributed by atoms with Gasteiger partial charge < -0.3 is 0 Å². The van der Waals surface area contributed by atoms with Crippen LogP contribution in [0, 0.1) is 17.8 Å². The molecule has 0 fully saturated rings. The Morgan fingerprint density at radius 2 is 1.54 bits per heavy atom. The maximum atomic E-state index is 4.29. The van der Waals surface area contributed by atoms with Crippen molar-refractivity contribution in [2.45, 2.75) is 53.4 Å². The molecule has 0 aliphatic heterocycles. The second-order valence-electron chi connectivity index (χ2n) is 4.47. The van der Waals surface area contributed by atoms with Crippen molar-refractivity contribution in [2.75, 3.05) is 5.75 Å². The number of thiol groups is 1. The van der Waals surface area contributed by atoms with Gasteiger partial charge in [-0.25, -0.2) is 0 Å². The highest BCUT2D eigenvalue weighted by Gasteiger charge is 2.17. The molecule has 13 heavy (non-hydrogen) atoms. The van der Waals surface area contributed by atoms with E-state index in [0.717, 1.165) is 23.5 Å². The van der Waals surface area contributed by atoms with Crippen LogP contribution in [0.5, 0.6) is 0 Å². The summed E-state index contributed by atoms with van der Waals surface area (Å²) in [5.41, 5.74) is 0. The quantitative estimate of drug-likeness (QED) is 0.581. The lowest BCUT2D eigenvalue weighted by molar-refractivity contribution is 0.257. The second-order valence-corrected chi connectivity index (χ2v) is 4.92. The molecule has 0 radical (unpaired) electrons. The zero-order chi connectivity index (χ0) is 10.3. The third kappa shape index (κ3) is 5.61. The van der Waals surface area contributed by atoms with Crippen LogP contribution in [0.3, 0.4) is 0 Å². The summed E-state index contributed by atoms with van der Waals surface area (Å²) in [6, 6.07) is 0. The van der Waals surface area contributed by atoms with Crippen molar-refractivity contribution in [3.63, 3.8) is 0 Å². The van der Waals surface area contributed by atoms with Crippen LogP contribution < -0.4 is 0 Å². The van der Waals surface area contributed by atoms with Gasteiger partial charge in [0.05, 0.1) is 0 Å². The lowest BCUT2D eigenvalue weighted by Gasteiger charge is -2.25. The Morgan fingerprint density at radius 3 is 2.00 bits per heavy atom. The van der Waals surface area contributed by atoms with Crippen molar-refractivity contribution in [1.29, 1.82) is 0 Å². The van der Waals surface area contributed by atoms with E-state index in [-0.39, 0.29) is 0 Å². The summed E-state index contributed by atoms with van der Waals surface area (Å²) in [5, 5.41) is 0. The molecule has 0 rings (SSSR count). The van der Waals surface area contributed by atoms with E-state index in [1.165, 1.54) is 25.7 Å². The van der Waals surface area contributed by atoms with E-state index < -0.39 is 0 Å². The van der Waals surface area contributed by atoms with Crippen LogP contribution in [0.1, 0.15) is 53.4 Å². The van der Waals surface area contributed by atoms with Gasteiger partial charge in [-0.15, -0.1) is 0 Å². The summed E-state index contributed by atoms with van der Waals surface area (Å²) in [4.78, 5) is 0. The first kappa shape index (κ1) is 13.4. The molecule has 1 heteroatoms. The first-order valence-electron chi connectivity index (χ1n) is 5.74. The van der Waals surface area contributed by atoms with Crippen molar-refractivity contribution >= 4 is 12.6 Å². The molecule has 0 heterocycles. The van der Waals surface area contributed by atoms with E-state index in [1.54, 1.807) is 0 Å². The van der Waals surface area contributed by atoms with Gasteiger partial charge in [0.15, 0.2) is 0 Å². The fraction of sp³-hybridized carbons (Fsp3) is 1.00. The van der Waals surface area contributed by atoms with Gasteiger partial charge in [-0.2, -0.15) is 12.6 Å². The van der Waals surface area contributed by atoms with Crippen LogP contribution in [-0.2, 0) is 0 Å². The van der Waals surface area contributed by atoms with Crippen LogP contribution in [0.25, 0.3) is 0 Å². The van der Waals surface area contributed by atoms with Gasteiger partial charge in [0.1, 0.15) is 0 Å². The Bertz CT molecular complexity index is 112. The maximum absolute atomic E-state index is 4.29. The molecule has 0 saturated carbocycles. The van der Waals surface area contributed by atoms with Gasteiger partial charge in [-0.1, -0.05) is 47.0 Å². The minimum Gasteiger partial charge on any atom is -0.179 e. The van der Waals surface area contributed by atoms with Crippen molar-refractivity contribution < 1.29 is 0 Å². The molecule has 0 aromatic heterocycles. The third-order valence-corrected chi connectivity index (χ3v) is 3.65. The largest absolute Gasteiger partial charge is 0.179 e. The highest BCUT2D eigenvalue weighted by atomic mass is 32.1. The number of rotatable bonds is 7. The van der Waals surface area contributed by atoms with Crippen molar-refractivity contribution in [1.82, 2.24) is 0 Å². The number of hydrogen-bond acceptors (Lipinski definition) is 1. The molecule has 0 aliphatic rings. The molecule has 0 nitrogen and oxygen atoms in total. The van der Waals surface area contributed by atoms with Gasteiger partial charge in [0.2, 0.25) is 0 Å². The second kappa shape index (κ2) is 7.73. The minimum absolute atomic E-state index is 0.837. The zero-order valence-electron chi connectivity index (χ0n) is 9.71. The molecular weight excluding hydrogens is 176 g/mol. The van der Waals surface area contributed by atoms with E-state index in [1.807, 2.05) is 0 Å². The van der Waals surface area contributed by atoms with Crippen LogP contribution in [0.2, 0.25) is 0 Å². The van der Waals surface area contributed by atoms with Crippen molar-refractivity contribution in [3.05, 3.63) is 0 Å². The average Bonchev–Trinajstić information content (AvgIpc) is 2.13. The summed E-state index contributed by atoms with van der Waals surface area (Å²) >= 11 is 4.29. The van der Waals surface area contributed by atoms with Gasteiger partial charge in [-0.3, -0.25) is 0 Å². The molecule has 0 N–H and O–H groups in total. The normalized spacial score (nSPS) is 18.2.